The van der Waals surface area contributed by atoms with E-state index in [1.54, 1.807) is 6.07 Å². The fourth-order valence-electron chi connectivity index (χ4n) is 1.70. The van der Waals surface area contributed by atoms with Crippen molar-refractivity contribution in [2.45, 2.75) is 45.7 Å². The number of hydrogen-bond donors (Lipinski definition) is 1. The van der Waals surface area contributed by atoms with Crippen LogP contribution in [0, 0.1) is 11.3 Å². The van der Waals surface area contributed by atoms with Gasteiger partial charge in [0.05, 0.1) is 17.7 Å². The second kappa shape index (κ2) is 9.07. The number of nitrogens with zero attached hydrogens (tertiary/aromatic N) is 1. The summed E-state index contributed by atoms with van der Waals surface area (Å²) in [6.45, 7) is 5.37. The van der Waals surface area contributed by atoms with E-state index in [0.29, 0.717) is 41.4 Å². The Bertz CT molecular complexity index is 470. The van der Waals surface area contributed by atoms with Crippen LogP contribution in [0.4, 0.5) is 0 Å². The number of benzene rings is 1. The largest absolute Gasteiger partial charge is 0.492 e. The van der Waals surface area contributed by atoms with E-state index in [9.17, 15) is 0 Å². The molecule has 0 unspecified atom stereocenters. The summed E-state index contributed by atoms with van der Waals surface area (Å²) in [6, 6.07) is 6.05. The van der Waals surface area contributed by atoms with Crippen LogP contribution in [-0.4, -0.2) is 12.6 Å². The van der Waals surface area contributed by atoms with Gasteiger partial charge in [0.1, 0.15) is 5.75 Å². The normalized spacial score (nSPS) is 10.6. The van der Waals surface area contributed by atoms with Gasteiger partial charge in [-0.05, 0) is 25.0 Å². The molecule has 0 saturated heterocycles. The van der Waals surface area contributed by atoms with Gasteiger partial charge in [0.25, 0.3) is 0 Å². The van der Waals surface area contributed by atoms with Gasteiger partial charge in [-0.3, -0.25) is 0 Å². The highest BCUT2D eigenvalue weighted by Gasteiger charge is 2.11. The monoisotopic (exact) mass is 314 g/mol. The molecule has 5 heteroatoms. The highest BCUT2D eigenvalue weighted by atomic mass is 35.5. The quantitative estimate of drug-likeness (QED) is 0.715. The fraction of sp³-hybridized carbons (Fsp3) is 0.533. The van der Waals surface area contributed by atoms with Gasteiger partial charge in [-0.1, -0.05) is 37.0 Å². The predicted molar refractivity (Wildman–Crippen MR) is 83.4 cm³/mol. The van der Waals surface area contributed by atoms with E-state index in [1.807, 2.05) is 6.07 Å². The Morgan fingerprint density at radius 2 is 2.05 bits per heavy atom. The van der Waals surface area contributed by atoms with Crippen LogP contribution < -0.4 is 10.1 Å². The van der Waals surface area contributed by atoms with Crippen molar-refractivity contribution < 1.29 is 4.74 Å². The van der Waals surface area contributed by atoms with Crippen LogP contribution in [0.1, 0.15) is 38.7 Å². The second-order valence-electron chi connectivity index (χ2n) is 4.88. The van der Waals surface area contributed by atoms with Crippen molar-refractivity contribution in [3.05, 3.63) is 27.7 Å². The molecule has 0 amide bonds. The highest BCUT2D eigenvalue weighted by Crippen LogP contribution is 2.32. The maximum absolute atomic E-state index is 8.49. The lowest BCUT2D eigenvalue weighted by Crippen LogP contribution is -2.22. The molecule has 0 fully saturated rings. The van der Waals surface area contributed by atoms with E-state index in [1.165, 1.54) is 0 Å². The van der Waals surface area contributed by atoms with E-state index in [-0.39, 0.29) is 0 Å². The van der Waals surface area contributed by atoms with E-state index in [0.717, 1.165) is 18.4 Å². The van der Waals surface area contributed by atoms with Crippen LogP contribution in [0.5, 0.6) is 5.75 Å². The van der Waals surface area contributed by atoms with Crippen molar-refractivity contribution in [3.63, 3.8) is 0 Å². The first-order valence-electron chi connectivity index (χ1n) is 6.75. The van der Waals surface area contributed by atoms with Crippen LogP contribution in [0.25, 0.3) is 0 Å². The molecule has 0 aliphatic heterocycles. The molecule has 1 rings (SSSR count). The molecule has 1 aromatic carbocycles. The number of unbranched alkanes of at least 4 members (excludes halogenated alkanes) is 2. The molecule has 1 aromatic rings. The summed E-state index contributed by atoms with van der Waals surface area (Å²) < 4.78 is 5.76. The Kier molecular flexibility index (Phi) is 7.76. The SMILES string of the molecule is CC(C)NCc1cc(Cl)cc(Cl)c1OCCCCC#N. The Balaban J connectivity index is 2.69. The molecule has 0 saturated carbocycles. The topological polar surface area (TPSA) is 45.0 Å². The van der Waals surface area contributed by atoms with Crippen LogP contribution >= 0.6 is 23.2 Å². The third-order valence-electron chi connectivity index (χ3n) is 2.72. The summed E-state index contributed by atoms with van der Waals surface area (Å²) in [5.41, 5.74) is 0.955. The van der Waals surface area contributed by atoms with Gasteiger partial charge >= 0.3 is 0 Å². The number of nitrogens with one attached hydrogen (secondary N) is 1. The van der Waals surface area contributed by atoms with Crippen molar-refractivity contribution in [1.29, 1.82) is 5.26 Å². The molecular weight excluding hydrogens is 295 g/mol. The molecule has 0 radical (unpaired) electrons. The molecule has 0 aromatic heterocycles. The minimum atomic E-state index is 0.372. The van der Waals surface area contributed by atoms with Gasteiger partial charge in [-0.2, -0.15) is 5.26 Å². The molecule has 0 aliphatic carbocycles. The third kappa shape index (κ3) is 6.00. The Labute approximate surface area is 130 Å². The summed E-state index contributed by atoms with van der Waals surface area (Å²) in [5.74, 6) is 0.682. The number of rotatable bonds is 8. The smallest absolute Gasteiger partial charge is 0.142 e. The zero-order chi connectivity index (χ0) is 15.0. The number of halogens is 2. The molecule has 0 atom stereocenters. The second-order valence-corrected chi connectivity index (χ2v) is 5.72. The lowest BCUT2D eigenvalue weighted by Gasteiger charge is -2.15. The molecule has 0 heterocycles. The van der Waals surface area contributed by atoms with Gasteiger partial charge in [0.2, 0.25) is 0 Å². The molecule has 0 aliphatic rings. The maximum atomic E-state index is 8.49. The Hall–Kier alpha value is -0.950. The van der Waals surface area contributed by atoms with Gasteiger partial charge in [-0.15, -0.1) is 0 Å². The molecule has 0 bridgehead atoms. The van der Waals surface area contributed by atoms with E-state index in [4.69, 9.17) is 33.2 Å². The summed E-state index contributed by atoms with van der Waals surface area (Å²) in [7, 11) is 0. The summed E-state index contributed by atoms with van der Waals surface area (Å²) >= 11 is 12.2. The van der Waals surface area contributed by atoms with Gasteiger partial charge in [0.15, 0.2) is 0 Å². The molecule has 110 valence electrons. The summed E-state index contributed by atoms with van der Waals surface area (Å²) in [5, 5.41) is 12.9. The molecular formula is C15H20Cl2N2O. The third-order valence-corrected chi connectivity index (χ3v) is 3.21. The van der Waals surface area contributed by atoms with E-state index in [2.05, 4.69) is 25.2 Å². The van der Waals surface area contributed by atoms with Crippen molar-refractivity contribution in [1.82, 2.24) is 5.32 Å². The van der Waals surface area contributed by atoms with Crippen LogP contribution in [0.15, 0.2) is 12.1 Å². The van der Waals surface area contributed by atoms with Crippen LogP contribution in [0.3, 0.4) is 0 Å². The van der Waals surface area contributed by atoms with Gasteiger partial charge in [0, 0.05) is 29.6 Å². The molecule has 0 spiro atoms. The maximum Gasteiger partial charge on any atom is 0.142 e. The zero-order valence-corrected chi connectivity index (χ0v) is 13.4. The first-order valence-corrected chi connectivity index (χ1v) is 7.51. The number of nitriles is 1. The first kappa shape index (κ1) is 17.1. The number of hydrogen-bond acceptors (Lipinski definition) is 3. The lowest BCUT2D eigenvalue weighted by atomic mass is 10.2. The number of ether oxygens (including phenoxy) is 1. The molecule has 20 heavy (non-hydrogen) atoms. The zero-order valence-electron chi connectivity index (χ0n) is 11.9. The Morgan fingerprint density at radius 1 is 1.30 bits per heavy atom. The minimum absolute atomic E-state index is 0.372. The van der Waals surface area contributed by atoms with Crippen LogP contribution in [0.2, 0.25) is 10.0 Å². The first-order chi connectivity index (χ1) is 9.54. The summed E-state index contributed by atoms with van der Waals surface area (Å²) in [4.78, 5) is 0. The van der Waals surface area contributed by atoms with Gasteiger partial charge < -0.3 is 10.1 Å². The Morgan fingerprint density at radius 3 is 2.70 bits per heavy atom. The average molecular weight is 315 g/mol. The fourth-order valence-corrected chi connectivity index (χ4v) is 2.29. The van der Waals surface area contributed by atoms with Crippen molar-refractivity contribution in [2.24, 2.45) is 0 Å². The van der Waals surface area contributed by atoms with Crippen molar-refractivity contribution in [3.8, 4) is 11.8 Å². The lowest BCUT2D eigenvalue weighted by molar-refractivity contribution is 0.303. The van der Waals surface area contributed by atoms with E-state index >= 15 is 0 Å². The molecule has 3 nitrogen and oxygen atoms in total. The predicted octanol–water partition coefficient (Wildman–Crippen LogP) is 4.56. The van der Waals surface area contributed by atoms with Crippen molar-refractivity contribution in [2.75, 3.05) is 6.61 Å². The van der Waals surface area contributed by atoms with Crippen molar-refractivity contribution >= 4 is 23.2 Å². The van der Waals surface area contributed by atoms with Crippen LogP contribution in [-0.2, 0) is 6.54 Å². The highest BCUT2D eigenvalue weighted by molar-refractivity contribution is 6.35. The standard InChI is InChI=1S/C15H20Cl2N2O/c1-11(2)19-10-12-8-13(16)9-14(17)15(12)20-7-5-3-4-6-18/h8-9,11,19H,3-5,7,10H2,1-2H3. The minimum Gasteiger partial charge on any atom is -0.492 e. The molecule has 1 N–H and O–H groups in total. The summed E-state index contributed by atoms with van der Waals surface area (Å²) in [6.07, 6.45) is 2.23. The average Bonchev–Trinajstić information content (AvgIpc) is 2.38. The van der Waals surface area contributed by atoms with E-state index < -0.39 is 0 Å². The van der Waals surface area contributed by atoms with Gasteiger partial charge in [-0.25, -0.2) is 0 Å².